The minimum atomic E-state index is -3.79. The van der Waals surface area contributed by atoms with E-state index >= 15 is 0 Å². The average Bonchev–Trinajstić information content (AvgIpc) is 2.60. The molecule has 26 heavy (non-hydrogen) atoms. The van der Waals surface area contributed by atoms with Crippen LogP contribution in [0.15, 0.2) is 35.2 Å². The van der Waals surface area contributed by atoms with Crippen LogP contribution in [-0.2, 0) is 26.0 Å². The fourth-order valence-corrected chi connectivity index (χ4v) is 4.93. The van der Waals surface area contributed by atoms with Crippen molar-refractivity contribution in [2.75, 3.05) is 11.4 Å². The zero-order chi connectivity index (χ0) is 18.9. The zero-order valence-electron chi connectivity index (χ0n) is 14.6. The predicted octanol–water partition coefficient (Wildman–Crippen LogP) is 1.08. The third-order valence-corrected chi connectivity index (χ3v) is 6.45. The van der Waals surface area contributed by atoms with Crippen molar-refractivity contribution < 1.29 is 18.0 Å². The Kier molecular flexibility index (Phi) is 5.15. The Bertz CT molecular complexity index is 863. The molecule has 3 rings (SSSR count). The number of nitrogens with zero attached hydrogens (tertiary/aromatic N) is 1. The average molecular weight is 377 g/mol. The van der Waals surface area contributed by atoms with Gasteiger partial charge in [-0.05, 0) is 49.4 Å². The van der Waals surface area contributed by atoms with Crippen molar-refractivity contribution >= 4 is 27.5 Å². The molecule has 7 nitrogen and oxygen atoms in total. The van der Waals surface area contributed by atoms with Gasteiger partial charge in [-0.2, -0.15) is 0 Å². The molecule has 0 saturated heterocycles. The number of aryl methyl sites for hydroxylation is 1. The summed E-state index contributed by atoms with van der Waals surface area (Å²) < 4.78 is 28.2. The van der Waals surface area contributed by atoms with Crippen LogP contribution in [0.1, 0.15) is 31.7 Å². The molecule has 0 bridgehead atoms. The highest BCUT2D eigenvalue weighted by molar-refractivity contribution is 7.89. The second-order valence-electron chi connectivity index (χ2n) is 6.74. The maximum atomic E-state index is 12.8. The van der Waals surface area contributed by atoms with Crippen LogP contribution >= 0.6 is 0 Å². The van der Waals surface area contributed by atoms with Gasteiger partial charge in [0.25, 0.3) is 0 Å². The molecule has 0 radical (unpaired) electrons. The Morgan fingerprint density at radius 3 is 2.65 bits per heavy atom. The number of amides is 2. The molecule has 140 valence electrons. The van der Waals surface area contributed by atoms with Gasteiger partial charge < -0.3 is 10.6 Å². The number of hydrogen-bond acceptors (Lipinski definition) is 4. The zero-order valence-corrected chi connectivity index (χ0v) is 15.5. The van der Waals surface area contributed by atoms with Crippen molar-refractivity contribution in [1.29, 1.82) is 0 Å². The standard InChI is InChI=1S/C18H23N3O4S/c1-12(22)21-10-4-5-13-11-14(8-9-17(13)21)26(24,25)20-16-7-3-2-6-15(16)18(19)23/h2-3,8-9,11,15-16,20H,4-7,10H2,1H3,(H2,19,23)/t15-,16-/m1/s1. The lowest BCUT2D eigenvalue weighted by molar-refractivity contribution is -0.122. The van der Waals surface area contributed by atoms with Gasteiger partial charge in [-0.1, -0.05) is 12.2 Å². The number of anilines is 1. The SMILES string of the molecule is CC(=O)N1CCCc2cc(S(=O)(=O)N[C@@H]3CC=CC[C@H]3C(N)=O)ccc21. The minimum Gasteiger partial charge on any atom is -0.369 e. The number of nitrogens with two attached hydrogens (primary N) is 1. The molecule has 2 amide bonds. The van der Waals surface area contributed by atoms with Crippen LogP contribution < -0.4 is 15.4 Å². The highest BCUT2D eigenvalue weighted by Crippen LogP contribution is 2.30. The molecule has 0 aromatic heterocycles. The molecule has 0 spiro atoms. The summed E-state index contributed by atoms with van der Waals surface area (Å²) >= 11 is 0. The van der Waals surface area contributed by atoms with Crippen LogP contribution in [0.4, 0.5) is 5.69 Å². The molecule has 2 aliphatic rings. The number of nitrogens with one attached hydrogen (secondary N) is 1. The summed E-state index contributed by atoms with van der Waals surface area (Å²) in [5, 5.41) is 0. The lowest BCUT2D eigenvalue weighted by atomic mass is 9.89. The summed E-state index contributed by atoms with van der Waals surface area (Å²) in [5.41, 5.74) is 7.00. The van der Waals surface area contributed by atoms with E-state index in [1.54, 1.807) is 17.0 Å². The van der Waals surface area contributed by atoms with E-state index in [1.807, 2.05) is 12.2 Å². The first-order chi connectivity index (χ1) is 12.3. The number of sulfonamides is 1. The monoisotopic (exact) mass is 377 g/mol. The molecule has 1 heterocycles. The Balaban J connectivity index is 1.87. The second-order valence-corrected chi connectivity index (χ2v) is 8.46. The highest BCUT2D eigenvalue weighted by atomic mass is 32.2. The quantitative estimate of drug-likeness (QED) is 0.765. The van der Waals surface area contributed by atoms with Gasteiger partial charge in [-0.15, -0.1) is 0 Å². The molecular weight excluding hydrogens is 354 g/mol. The molecule has 0 saturated carbocycles. The summed E-state index contributed by atoms with van der Waals surface area (Å²) in [4.78, 5) is 25.1. The van der Waals surface area contributed by atoms with E-state index in [1.165, 1.54) is 13.0 Å². The number of fused-ring (bicyclic) bond motifs is 1. The van der Waals surface area contributed by atoms with Crippen molar-refractivity contribution in [3.05, 3.63) is 35.9 Å². The van der Waals surface area contributed by atoms with Crippen molar-refractivity contribution in [2.45, 2.75) is 43.5 Å². The number of primary amides is 1. The van der Waals surface area contributed by atoms with E-state index in [0.717, 1.165) is 24.1 Å². The summed E-state index contributed by atoms with van der Waals surface area (Å²) in [6.45, 7) is 2.14. The molecule has 3 N–H and O–H groups in total. The first-order valence-electron chi connectivity index (χ1n) is 8.67. The van der Waals surface area contributed by atoms with Crippen molar-refractivity contribution in [1.82, 2.24) is 4.72 Å². The molecule has 1 aliphatic carbocycles. The van der Waals surface area contributed by atoms with Crippen LogP contribution in [-0.4, -0.2) is 32.8 Å². The lowest BCUT2D eigenvalue weighted by Crippen LogP contribution is -2.46. The summed E-state index contributed by atoms with van der Waals surface area (Å²) in [6.07, 6.45) is 6.06. The number of allylic oxidation sites excluding steroid dienone is 1. The topological polar surface area (TPSA) is 110 Å². The second kappa shape index (κ2) is 7.20. The minimum absolute atomic E-state index is 0.0574. The Labute approximate surface area is 153 Å². The summed E-state index contributed by atoms with van der Waals surface area (Å²) in [6, 6.07) is 4.24. The number of benzene rings is 1. The van der Waals surface area contributed by atoms with Gasteiger partial charge in [0.1, 0.15) is 0 Å². The van der Waals surface area contributed by atoms with E-state index in [0.29, 0.717) is 19.4 Å². The number of carbonyl (C=O) groups excluding carboxylic acids is 2. The highest BCUT2D eigenvalue weighted by Gasteiger charge is 2.31. The molecule has 8 heteroatoms. The van der Waals surface area contributed by atoms with Crippen molar-refractivity contribution in [2.24, 2.45) is 11.7 Å². The molecule has 0 unspecified atom stereocenters. The predicted molar refractivity (Wildman–Crippen MR) is 98.0 cm³/mol. The van der Waals surface area contributed by atoms with Gasteiger partial charge in [0, 0.05) is 25.2 Å². The third-order valence-electron chi connectivity index (χ3n) is 4.96. The normalized spacial score (nSPS) is 22.7. The van der Waals surface area contributed by atoms with E-state index < -0.39 is 27.9 Å². The Morgan fingerprint density at radius 1 is 1.23 bits per heavy atom. The molecule has 1 aliphatic heterocycles. The largest absolute Gasteiger partial charge is 0.369 e. The van der Waals surface area contributed by atoms with Gasteiger partial charge in [0.05, 0.1) is 10.8 Å². The van der Waals surface area contributed by atoms with Gasteiger partial charge in [-0.3, -0.25) is 9.59 Å². The molecular formula is C18H23N3O4S. The van der Waals surface area contributed by atoms with Gasteiger partial charge in [-0.25, -0.2) is 13.1 Å². The Morgan fingerprint density at radius 2 is 1.96 bits per heavy atom. The van der Waals surface area contributed by atoms with Gasteiger partial charge >= 0.3 is 0 Å². The van der Waals surface area contributed by atoms with Gasteiger partial charge in [0.15, 0.2) is 0 Å². The fourth-order valence-electron chi connectivity index (χ4n) is 3.59. The number of carbonyl (C=O) groups is 2. The van der Waals surface area contributed by atoms with Crippen LogP contribution in [0.2, 0.25) is 0 Å². The van der Waals surface area contributed by atoms with E-state index in [-0.39, 0.29) is 10.8 Å². The summed E-state index contributed by atoms with van der Waals surface area (Å²) in [7, 11) is -3.79. The number of hydrogen-bond donors (Lipinski definition) is 2. The van der Waals surface area contributed by atoms with E-state index in [2.05, 4.69) is 4.72 Å². The maximum absolute atomic E-state index is 12.8. The van der Waals surface area contributed by atoms with Crippen LogP contribution in [0.3, 0.4) is 0 Å². The first-order valence-corrected chi connectivity index (χ1v) is 10.2. The summed E-state index contributed by atoms with van der Waals surface area (Å²) in [5.74, 6) is -1.12. The Hall–Kier alpha value is -2.19. The number of rotatable bonds is 4. The van der Waals surface area contributed by atoms with E-state index in [4.69, 9.17) is 5.73 Å². The van der Waals surface area contributed by atoms with Crippen LogP contribution in [0.25, 0.3) is 0 Å². The molecule has 1 aromatic rings. The van der Waals surface area contributed by atoms with E-state index in [9.17, 15) is 18.0 Å². The molecule has 2 atom stereocenters. The van der Waals surface area contributed by atoms with Crippen molar-refractivity contribution in [3.8, 4) is 0 Å². The molecule has 1 aromatic carbocycles. The van der Waals surface area contributed by atoms with Crippen LogP contribution in [0, 0.1) is 5.92 Å². The lowest BCUT2D eigenvalue weighted by Gasteiger charge is -2.29. The van der Waals surface area contributed by atoms with Gasteiger partial charge in [0.2, 0.25) is 21.8 Å². The maximum Gasteiger partial charge on any atom is 0.240 e. The first kappa shape index (κ1) is 18.6. The van der Waals surface area contributed by atoms with Crippen molar-refractivity contribution in [3.63, 3.8) is 0 Å². The van der Waals surface area contributed by atoms with Crippen LogP contribution in [0.5, 0.6) is 0 Å². The molecule has 0 fully saturated rings. The smallest absolute Gasteiger partial charge is 0.240 e. The third kappa shape index (κ3) is 3.66. The fraction of sp³-hybridized carbons (Fsp3) is 0.444.